The minimum Gasteiger partial charge on any atom is -0.487 e. The topological polar surface area (TPSA) is 39.1 Å². The summed E-state index contributed by atoms with van der Waals surface area (Å²) in [5.74, 6) is 0.912. The van der Waals surface area contributed by atoms with Crippen LogP contribution in [0.4, 0.5) is 0 Å². The summed E-state index contributed by atoms with van der Waals surface area (Å²) in [5, 5.41) is 3.40. The van der Waals surface area contributed by atoms with Gasteiger partial charge in [0.1, 0.15) is 12.4 Å². The summed E-state index contributed by atoms with van der Waals surface area (Å²) in [6.07, 6.45) is 6.00. The minimum absolute atomic E-state index is 0.561. The Balaban J connectivity index is 1.90. The molecule has 0 aliphatic carbocycles. The van der Waals surface area contributed by atoms with E-state index < -0.39 is 0 Å². The number of aryl methyl sites for hydroxylation is 1. The van der Waals surface area contributed by atoms with Gasteiger partial charge in [-0.2, -0.15) is 0 Å². The molecular weight excluding hydrogens is 262 g/mol. The van der Waals surface area contributed by atoms with E-state index in [1.165, 1.54) is 5.56 Å². The highest BCUT2D eigenvalue weighted by Crippen LogP contribution is 2.15. The van der Waals surface area contributed by atoms with Gasteiger partial charge in [-0.25, -0.2) is 4.98 Å². The Hall–Kier alpha value is -1.81. The van der Waals surface area contributed by atoms with Crippen molar-refractivity contribution in [1.82, 2.24) is 14.9 Å². The van der Waals surface area contributed by atoms with E-state index in [9.17, 15) is 0 Å². The summed E-state index contributed by atoms with van der Waals surface area (Å²) in [6.45, 7) is 7.81. The van der Waals surface area contributed by atoms with E-state index in [1.807, 2.05) is 24.7 Å². The van der Waals surface area contributed by atoms with Crippen LogP contribution in [0.15, 0.2) is 36.8 Å². The molecule has 0 atom stereocenters. The van der Waals surface area contributed by atoms with Gasteiger partial charge in [-0.05, 0) is 37.1 Å². The van der Waals surface area contributed by atoms with Gasteiger partial charge in [0, 0.05) is 13.1 Å². The predicted molar refractivity (Wildman–Crippen MR) is 85.3 cm³/mol. The maximum Gasteiger partial charge on any atom is 0.130 e. The van der Waals surface area contributed by atoms with Crippen LogP contribution in [0, 0.1) is 0 Å². The molecule has 0 amide bonds. The van der Waals surface area contributed by atoms with Crippen molar-refractivity contribution in [3.8, 4) is 5.75 Å². The summed E-state index contributed by atoms with van der Waals surface area (Å²) < 4.78 is 8.04. The molecule has 1 aromatic carbocycles. The van der Waals surface area contributed by atoms with E-state index in [0.29, 0.717) is 6.61 Å². The first-order chi connectivity index (χ1) is 10.3. The van der Waals surface area contributed by atoms with Crippen LogP contribution in [-0.4, -0.2) is 16.1 Å². The standard InChI is InChI=1S/C17H25N3O/c1-3-8-18-11-15-6-5-7-17(10-15)21-13-16-12-19-14-20(16)9-4-2/h5-7,10,12,14,18H,3-4,8-9,11,13H2,1-2H3. The van der Waals surface area contributed by atoms with Crippen molar-refractivity contribution in [1.29, 1.82) is 0 Å². The van der Waals surface area contributed by atoms with Gasteiger partial charge in [-0.3, -0.25) is 0 Å². The van der Waals surface area contributed by atoms with E-state index in [2.05, 4.69) is 40.8 Å². The Morgan fingerprint density at radius 1 is 1.24 bits per heavy atom. The maximum atomic E-state index is 5.90. The number of aromatic nitrogens is 2. The van der Waals surface area contributed by atoms with Crippen LogP contribution >= 0.6 is 0 Å². The van der Waals surface area contributed by atoms with Crippen LogP contribution in [0.2, 0.25) is 0 Å². The average Bonchev–Trinajstić information content (AvgIpc) is 2.94. The summed E-state index contributed by atoms with van der Waals surface area (Å²) in [7, 11) is 0. The number of rotatable bonds is 9. The van der Waals surface area contributed by atoms with Crippen LogP contribution in [0.1, 0.15) is 37.9 Å². The van der Waals surface area contributed by atoms with Crippen LogP contribution in [0.25, 0.3) is 0 Å². The molecule has 4 heteroatoms. The summed E-state index contributed by atoms with van der Waals surface area (Å²) >= 11 is 0. The predicted octanol–water partition coefficient (Wildman–Crippen LogP) is 3.37. The van der Waals surface area contributed by atoms with E-state index in [-0.39, 0.29) is 0 Å². The largest absolute Gasteiger partial charge is 0.487 e. The lowest BCUT2D eigenvalue weighted by atomic mass is 10.2. The van der Waals surface area contributed by atoms with E-state index in [0.717, 1.165) is 43.9 Å². The Labute approximate surface area is 127 Å². The molecule has 0 saturated carbocycles. The van der Waals surface area contributed by atoms with Gasteiger partial charge in [-0.15, -0.1) is 0 Å². The lowest BCUT2D eigenvalue weighted by molar-refractivity contribution is 0.294. The average molecular weight is 287 g/mol. The fourth-order valence-electron chi connectivity index (χ4n) is 2.22. The second-order valence-electron chi connectivity index (χ2n) is 5.19. The number of nitrogens with one attached hydrogen (secondary N) is 1. The second kappa shape index (κ2) is 8.47. The molecule has 1 aromatic heterocycles. The number of imidazole rings is 1. The zero-order valence-corrected chi connectivity index (χ0v) is 13.0. The van der Waals surface area contributed by atoms with Crippen LogP contribution in [0.3, 0.4) is 0 Å². The smallest absolute Gasteiger partial charge is 0.130 e. The third-order valence-corrected chi connectivity index (χ3v) is 3.30. The second-order valence-corrected chi connectivity index (χ2v) is 5.19. The van der Waals surface area contributed by atoms with E-state index in [1.54, 1.807) is 0 Å². The van der Waals surface area contributed by atoms with Crippen molar-refractivity contribution in [2.45, 2.75) is 46.4 Å². The number of benzene rings is 1. The van der Waals surface area contributed by atoms with Gasteiger partial charge in [-0.1, -0.05) is 26.0 Å². The van der Waals surface area contributed by atoms with E-state index >= 15 is 0 Å². The molecule has 0 unspecified atom stereocenters. The van der Waals surface area contributed by atoms with Crippen molar-refractivity contribution >= 4 is 0 Å². The first-order valence-electron chi connectivity index (χ1n) is 7.75. The third-order valence-electron chi connectivity index (χ3n) is 3.30. The molecule has 114 valence electrons. The van der Waals surface area contributed by atoms with Crippen molar-refractivity contribution in [2.75, 3.05) is 6.54 Å². The summed E-state index contributed by atoms with van der Waals surface area (Å²) in [4.78, 5) is 4.19. The molecule has 0 spiro atoms. The van der Waals surface area contributed by atoms with Crippen LogP contribution < -0.4 is 10.1 Å². The molecular formula is C17H25N3O. The molecule has 0 bridgehead atoms. The van der Waals surface area contributed by atoms with E-state index in [4.69, 9.17) is 4.74 Å². The maximum absolute atomic E-state index is 5.90. The molecule has 2 aromatic rings. The molecule has 1 N–H and O–H groups in total. The first kappa shape index (κ1) is 15.6. The Morgan fingerprint density at radius 3 is 2.95 bits per heavy atom. The fraction of sp³-hybridized carbons (Fsp3) is 0.471. The van der Waals surface area contributed by atoms with Gasteiger partial charge < -0.3 is 14.6 Å². The van der Waals surface area contributed by atoms with Crippen molar-refractivity contribution in [2.24, 2.45) is 0 Å². The van der Waals surface area contributed by atoms with Gasteiger partial charge in [0.25, 0.3) is 0 Å². The van der Waals surface area contributed by atoms with Gasteiger partial charge >= 0.3 is 0 Å². The molecule has 4 nitrogen and oxygen atoms in total. The van der Waals surface area contributed by atoms with Crippen LogP contribution in [-0.2, 0) is 19.7 Å². The Kier molecular flexibility index (Phi) is 6.28. The summed E-state index contributed by atoms with van der Waals surface area (Å²) in [5.41, 5.74) is 2.37. The third kappa shape index (κ3) is 4.90. The number of nitrogens with zero attached hydrogens (tertiary/aromatic N) is 2. The molecule has 1 heterocycles. The first-order valence-corrected chi connectivity index (χ1v) is 7.75. The lowest BCUT2D eigenvalue weighted by Crippen LogP contribution is -2.13. The monoisotopic (exact) mass is 287 g/mol. The zero-order valence-electron chi connectivity index (χ0n) is 13.0. The van der Waals surface area contributed by atoms with Crippen LogP contribution in [0.5, 0.6) is 5.75 Å². The Bertz CT molecular complexity index is 536. The molecule has 0 fully saturated rings. The highest BCUT2D eigenvalue weighted by Gasteiger charge is 2.03. The number of ether oxygens (including phenoxy) is 1. The quantitative estimate of drug-likeness (QED) is 0.719. The highest BCUT2D eigenvalue weighted by atomic mass is 16.5. The molecule has 0 radical (unpaired) electrons. The van der Waals surface area contributed by atoms with Gasteiger partial charge in [0.2, 0.25) is 0 Å². The summed E-state index contributed by atoms with van der Waals surface area (Å²) in [6, 6.07) is 8.27. The van der Waals surface area contributed by atoms with Crippen molar-refractivity contribution in [3.63, 3.8) is 0 Å². The SMILES string of the molecule is CCCNCc1cccc(OCc2cncn2CCC)c1. The molecule has 21 heavy (non-hydrogen) atoms. The molecule has 0 aliphatic rings. The lowest BCUT2D eigenvalue weighted by Gasteiger charge is -2.10. The van der Waals surface area contributed by atoms with Gasteiger partial charge in [0.05, 0.1) is 18.2 Å². The highest BCUT2D eigenvalue weighted by molar-refractivity contribution is 5.28. The van der Waals surface area contributed by atoms with Crippen molar-refractivity contribution < 1.29 is 4.74 Å². The van der Waals surface area contributed by atoms with Gasteiger partial charge in [0.15, 0.2) is 0 Å². The Morgan fingerprint density at radius 2 is 2.14 bits per heavy atom. The normalized spacial score (nSPS) is 10.8. The molecule has 0 aliphatic heterocycles. The molecule has 2 rings (SSSR count). The number of hydrogen-bond donors (Lipinski definition) is 1. The number of hydrogen-bond acceptors (Lipinski definition) is 3. The fourth-order valence-corrected chi connectivity index (χ4v) is 2.22. The van der Waals surface area contributed by atoms with Crippen molar-refractivity contribution in [3.05, 3.63) is 48.0 Å². The molecule has 0 saturated heterocycles. The minimum atomic E-state index is 0.561. The zero-order chi connectivity index (χ0) is 14.9.